The van der Waals surface area contributed by atoms with Gasteiger partial charge in [0, 0.05) is 18.7 Å². The molecular formula is C25H31N5O2S. The SMILES string of the molecule is CCOc1ccc(-c2nnc(SC(C)C(=O)N3CCC(Cc4ccccc4)CC3)n2N)cc1. The van der Waals surface area contributed by atoms with Crippen molar-refractivity contribution in [3.8, 4) is 17.1 Å². The van der Waals surface area contributed by atoms with E-state index < -0.39 is 0 Å². The third kappa shape index (κ3) is 5.68. The molecule has 1 saturated heterocycles. The van der Waals surface area contributed by atoms with Crippen molar-refractivity contribution in [3.05, 3.63) is 60.2 Å². The summed E-state index contributed by atoms with van der Waals surface area (Å²) < 4.78 is 6.94. The third-order valence-electron chi connectivity index (χ3n) is 6.01. The van der Waals surface area contributed by atoms with E-state index in [9.17, 15) is 4.79 Å². The number of amides is 1. The maximum atomic E-state index is 13.0. The van der Waals surface area contributed by atoms with Gasteiger partial charge in [0.2, 0.25) is 11.1 Å². The molecule has 0 bridgehead atoms. The molecule has 4 rings (SSSR count). The maximum Gasteiger partial charge on any atom is 0.235 e. The Balaban J connectivity index is 1.32. The first-order chi connectivity index (χ1) is 16.0. The normalized spacial score (nSPS) is 15.4. The van der Waals surface area contributed by atoms with Crippen LogP contribution in [0.4, 0.5) is 0 Å². The Morgan fingerprint density at radius 3 is 2.48 bits per heavy atom. The van der Waals surface area contributed by atoms with Crippen molar-refractivity contribution < 1.29 is 9.53 Å². The van der Waals surface area contributed by atoms with Gasteiger partial charge in [-0.2, -0.15) is 0 Å². The number of nitrogen functional groups attached to an aromatic ring is 1. The Bertz CT molecular complexity index is 1050. The average molecular weight is 466 g/mol. The quantitative estimate of drug-likeness (QED) is 0.399. The molecular weight excluding hydrogens is 434 g/mol. The van der Waals surface area contributed by atoms with Crippen LogP contribution >= 0.6 is 11.8 Å². The minimum Gasteiger partial charge on any atom is -0.494 e. The molecule has 0 saturated carbocycles. The summed E-state index contributed by atoms with van der Waals surface area (Å²) in [6.45, 7) is 6.07. The van der Waals surface area contributed by atoms with Gasteiger partial charge in [0.15, 0.2) is 5.82 Å². The lowest BCUT2D eigenvalue weighted by Gasteiger charge is -2.33. The molecule has 1 unspecified atom stereocenters. The number of ether oxygens (including phenoxy) is 1. The molecule has 7 nitrogen and oxygen atoms in total. The molecule has 0 aliphatic carbocycles. The lowest BCUT2D eigenvalue weighted by molar-refractivity contribution is -0.131. The fourth-order valence-corrected chi connectivity index (χ4v) is 5.05. The van der Waals surface area contributed by atoms with E-state index in [2.05, 4.69) is 34.5 Å². The average Bonchev–Trinajstić information content (AvgIpc) is 3.20. The van der Waals surface area contributed by atoms with E-state index in [-0.39, 0.29) is 11.2 Å². The molecule has 0 radical (unpaired) electrons. The van der Waals surface area contributed by atoms with E-state index in [0.29, 0.717) is 23.5 Å². The lowest BCUT2D eigenvalue weighted by atomic mass is 9.90. The number of rotatable bonds is 8. The molecule has 1 fully saturated rings. The molecule has 2 heterocycles. The van der Waals surface area contributed by atoms with Crippen LogP contribution in [0, 0.1) is 5.92 Å². The molecule has 33 heavy (non-hydrogen) atoms. The highest BCUT2D eigenvalue weighted by Crippen LogP contribution is 2.28. The van der Waals surface area contributed by atoms with Crippen LogP contribution in [-0.4, -0.2) is 50.6 Å². The number of hydrogen-bond acceptors (Lipinski definition) is 6. The molecule has 8 heteroatoms. The summed E-state index contributed by atoms with van der Waals surface area (Å²) in [5.74, 6) is 8.38. The largest absolute Gasteiger partial charge is 0.494 e. The molecule has 0 spiro atoms. The molecule has 1 atom stereocenters. The zero-order valence-electron chi connectivity index (χ0n) is 19.2. The molecule has 1 aliphatic heterocycles. The smallest absolute Gasteiger partial charge is 0.235 e. The highest BCUT2D eigenvalue weighted by molar-refractivity contribution is 8.00. The van der Waals surface area contributed by atoms with Crippen LogP contribution in [0.25, 0.3) is 11.4 Å². The summed E-state index contributed by atoms with van der Waals surface area (Å²) >= 11 is 1.35. The highest BCUT2D eigenvalue weighted by Gasteiger charge is 2.28. The summed E-state index contributed by atoms with van der Waals surface area (Å²) in [7, 11) is 0. The number of thioether (sulfide) groups is 1. The van der Waals surface area contributed by atoms with Gasteiger partial charge in [-0.15, -0.1) is 10.2 Å². The standard InChI is InChI=1S/C25H31N5O2S/c1-3-32-22-11-9-21(10-12-22)23-27-28-25(30(23)26)33-18(2)24(31)29-15-13-20(14-16-29)17-19-7-5-4-6-8-19/h4-12,18,20H,3,13-17,26H2,1-2H3. The van der Waals surface area contributed by atoms with Crippen LogP contribution in [0.5, 0.6) is 5.75 Å². The second-order valence-corrected chi connectivity index (χ2v) is 9.66. The van der Waals surface area contributed by atoms with Crippen molar-refractivity contribution in [1.29, 1.82) is 0 Å². The van der Waals surface area contributed by atoms with Crippen molar-refractivity contribution in [2.75, 3.05) is 25.5 Å². The van der Waals surface area contributed by atoms with Gasteiger partial charge < -0.3 is 15.5 Å². The number of benzene rings is 2. The Morgan fingerprint density at radius 1 is 1.12 bits per heavy atom. The van der Waals surface area contributed by atoms with Gasteiger partial charge in [-0.05, 0) is 68.9 Å². The van der Waals surface area contributed by atoms with E-state index >= 15 is 0 Å². The van der Waals surface area contributed by atoms with Crippen molar-refractivity contribution in [2.24, 2.45) is 5.92 Å². The molecule has 174 valence electrons. The predicted octanol–water partition coefficient (Wildman–Crippen LogP) is 4.02. The molecule has 3 aromatic rings. The van der Waals surface area contributed by atoms with Crippen molar-refractivity contribution in [1.82, 2.24) is 19.8 Å². The minimum atomic E-state index is -0.282. The van der Waals surface area contributed by atoms with Gasteiger partial charge >= 0.3 is 0 Å². The predicted molar refractivity (Wildman–Crippen MR) is 132 cm³/mol. The maximum absolute atomic E-state index is 13.0. The van der Waals surface area contributed by atoms with Gasteiger partial charge in [0.25, 0.3) is 0 Å². The van der Waals surface area contributed by atoms with Crippen LogP contribution in [0.2, 0.25) is 0 Å². The van der Waals surface area contributed by atoms with Crippen LogP contribution < -0.4 is 10.6 Å². The number of likely N-dealkylation sites (tertiary alicyclic amines) is 1. The summed E-state index contributed by atoms with van der Waals surface area (Å²) in [5, 5.41) is 8.71. The highest BCUT2D eigenvalue weighted by atomic mass is 32.2. The summed E-state index contributed by atoms with van der Waals surface area (Å²) in [4.78, 5) is 15.0. The Labute approximate surface area is 199 Å². The second-order valence-electron chi connectivity index (χ2n) is 8.35. The van der Waals surface area contributed by atoms with Gasteiger partial charge in [-0.1, -0.05) is 42.1 Å². The number of nitrogens with two attached hydrogens (primary N) is 1. The van der Waals surface area contributed by atoms with Gasteiger partial charge in [0.1, 0.15) is 5.75 Å². The van der Waals surface area contributed by atoms with Crippen molar-refractivity contribution in [2.45, 2.75) is 43.5 Å². The first kappa shape index (κ1) is 23.2. The first-order valence-electron chi connectivity index (χ1n) is 11.5. The van der Waals surface area contributed by atoms with E-state index in [1.165, 1.54) is 22.0 Å². The number of aromatic nitrogens is 3. The number of carbonyl (C=O) groups is 1. The molecule has 2 N–H and O–H groups in total. The molecule has 1 aliphatic rings. The fourth-order valence-electron chi connectivity index (χ4n) is 4.19. The van der Waals surface area contributed by atoms with Crippen LogP contribution in [0.1, 0.15) is 32.3 Å². The Morgan fingerprint density at radius 2 is 1.82 bits per heavy atom. The Kier molecular flexibility index (Phi) is 7.54. The lowest BCUT2D eigenvalue weighted by Crippen LogP contribution is -2.42. The topological polar surface area (TPSA) is 86.3 Å². The van der Waals surface area contributed by atoms with Gasteiger partial charge in [0.05, 0.1) is 11.9 Å². The number of carbonyl (C=O) groups excluding carboxylic acids is 1. The second kappa shape index (κ2) is 10.7. The van der Waals surface area contributed by atoms with Crippen LogP contribution in [0.3, 0.4) is 0 Å². The van der Waals surface area contributed by atoms with Gasteiger partial charge in [-0.3, -0.25) is 4.79 Å². The van der Waals surface area contributed by atoms with Crippen LogP contribution in [0.15, 0.2) is 59.8 Å². The van der Waals surface area contributed by atoms with Crippen molar-refractivity contribution in [3.63, 3.8) is 0 Å². The monoisotopic (exact) mass is 465 g/mol. The van der Waals surface area contributed by atoms with Crippen LogP contribution in [-0.2, 0) is 11.2 Å². The molecule has 2 aromatic carbocycles. The number of hydrogen-bond donors (Lipinski definition) is 1. The zero-order valence-corrected chi connectivity index (χ0v) is 20.0. The Hall–Kier alpha value is -3.00. The minimum absolute atomic E-state index is 0.128. The summed E-state index contributed by atoms with van der Waals surface area (Å²) in [6.07, 6.45) is 3.15. The summed E-state index contributed by atoms with van der Waals surface area (Å²) in [6, 6.07) is 18.2. The number of nitrogens with zero attached hydrogens (tertiary/aromatic N) is 4. The molecule has 1 amide bonds. The van der Waals surface area contributed by atoms with E-state index in [0.717, 1.165) is 43.7 Å². The number of piperidine rings is 1. The van der Waals surface area contributed by atoms with E-state index in [1.54, 1.807) is 0 Å². The van der Waals surface area contributed by atoms with Gasteiger partial charge in [-0.25, -0.2) is 4.68 Å². The van der Waals surface area contributed by atoms with E-state index in [4.69, 9.17) is 10.6 Å². The first-order valence-corrected chi connectivity index (χ1v) is 12.4. The van der Waals surface area contributed by atoms with E-state index in [1.807, 2.05) is 49.1 Å². The zero-order chi connectivity index (χ0) is 23.2. The third-order valence-corrected chi connectivity index (χ3v) is 7.06. The summed E-state index contributed by atoms with van der Waals surface area (Å²) in [5.41, 5.74) is 2.22. The fraction of sp³-hybridized carbons (Fsp3) is 0.400. The van der Waals surface area contributed by atoms with Crippen molar-refractivity contribution >= 4 is 17.7 Å². The molecule has 1 aromatic heterocycles.